The maximum atomic E-state index is 9.26. The monoisotopic (exact) mass is 310 g/mol. The zero-order chi connectivity index (χ0) is 15.7. The lowest BCUT2D eigenvalue weighted by Crippen LogP contribution is -2.09. The quantitative estimate of drug-likeness (QED) is 0.684. The van der Waals surface area contributed by atoms with E-state index >= 15 is 0 Å². The van der Waals surface area contributed by atoms with Gasteiger partial charge in [0.05, 0.1) is 18.2 Å². The Bertz CT molecular complexity index is 564. The molecular weight excluding hydrogens is 296 g/mol. The van der Waals surface area contributed by atoms with Gasteiger partial charge in [-0.15, -0.1) is 0 Å². The molecule has 0 heterocycles. The highest BCUT2D eigenvalue weighted by Gasteiger charge is 2.19. The first-order valence-corrected chi connectivity index (χ1v) is 6.47. The van der Waals surface area contributed by atoms with Crippen molar-refractivity contribution in [1.82, 2.24) is 0 Å². The van der Waals surface area contributed by atoms with Crippen LogP contribution >= 0.6 is 11.6 Å². The van der Waals surface area contributed by atoms with Gasteiger partial charge in [0.15, 0.2) is 5.75 Å². The fraction of sp³-hybridized carbons (Fsp3) is 0.429. The van der Waals surface area contributed by atoms with Crippen LogP contribution in [0.15, 0.2) is 6.07 Å². The van der Waals surface area contributed by atoms with E-state index in [1.54, 1.807) is 0 Å². The smallest absolute Gasteiger partial charge is 0.157 e. The van der Waals surface area contributed by atoms with Crippen LogP contribution in [-0.2, 0) is 9.47 Å². The van der Waals surface area contributed by atoms with Crippen LogP contribution < -0.4 is 9.47 Å². The molecule has 1 aromatic rings. The molecule has 0 atom stereocenters. The van der Waals surface area contributed by atoms with E-state index in [9.17, 15) is 10.5 Å². The normalized spacial score (nSPS) is 9.76. The van der Waals surface area contributed by atoms with Crippen molar-refractivity contribution in [2.75, 3.05) is 40.6 Å². The molecule has 0 saturated carbocycles. The molecule has 1 aromatic carbocycles. The third-order valence-electron chi connectivity index (χ3n) is 2.50. The fourth-order valence-corrected chi connectivity index (χ4v) is 1.79. The summed E-state index contributed by atoms with van der Waals surface area (Å²) in [4.78, 5) is 0. The molecule has 21 heavy (non-hydrogen) atoms. The van der Waals surface area contributed by atoms with E-state index in [4.69, 9.17) is 30.5 Å². The van der Waals surface area contributed by atoms with Gasteiger partial charge in [-0.25, -0.2) is 0 Å². The first-order chi connectivity index (χ1) is 10.2. The van der Waals surface area contributed by atoms with Crippen LogP contribution in [0.4, 0.5) is 0 Å². The number of hydrogen-bond acceptors (Lipinski definition) is 6. The lowest BCUT2D eigenvalue weighted by Gasteiger charge is -2.14. The van der Waals surface area contributed by atoms with Crippen molar-refractivity contribution in [2.45, 2.75) is 0 Å². The zero-order valence-corrected chi connectivity index (χ0v) is 12.6. The maximum absolute atomic E-state index is 9.26. The van der Waals surface area contributed by atoms with Crippen LogP contribution in [0.5, 0.6) is 11.5 Å². The Balaban J connectivity index is 3.12. The van der Waals surface area contributed by atoms with Gasteiger partial charge in [-0.1, -0.05) is 11.6 Å². The van der Waals surface area contributed by atoms with Gasteiger partial charge in [0, 0.05) is 20.3 Å². The second-order valence-electron chi connectivity index (χ2n) is 3.84. The van der Waals surface area contributed by atoms with Gasteiger partial charge in [0.25, 0.3) is 0 Å². The number of methoxy groups -OCH3 is 2. The molecule has 0 aliphatic rings. The first-order valence-electron chi connectivity index (χ1n) is 6.09. The molecule has 0 fully saturated rings. The number of halogens is 1. The minimum atomic E-state index is 0.0496. The largest absolute Gasteiger partial charge is 0.490 e. The van der Waals surface area contributed by atoms with Gasteiger partial charge in [0.1, 0.15) is 42.2 Å². The van der Waals surface area contributed by atoms with Gasteiger partial charge in [0.2, 0.25) is 0 Å². The molecule has 0 aliphatic heterocycles. The van der Waals surface area contributed by atoms with Crippen LogP contribution in [0.3, 0.4) is 0 Å². The molecule has 0 aromatic heterocycles. The van der Waals surface area contributed by atoms with Crippen molar-refractivity contribution < 1.29 is 18.9 Å². The number of nitriles is 2. The summed E-state index contributed by atoms with van der Waals surface area (Å²) in [5, 5.41) is 18.7. The maximum Gasteiger partial charge on any atom is 0.157 e. The van der Waals surface area contributed by atoms with Gasteiger partial charge in [-0.05, 0) is 0 Å². The molecule has 0 saturated heterocycles. The summed E-state index contributed by atoms with van der Waals surface area (Å²) in [5.41, 5.74) is 0.138. The third-order valence-corrected chi connectivity index (χ3v) is 2.78. The van der Waals surface area contributed by atoms with Crippen molar-refractivity contribution in [2.24, 2.45) is 0 Å². The Hall–Kier alpha value is -1.99. The summed E-state index contributed by atoms with van der Waals surface area (Å²) in [7, 11) is 3.07. The molecular formula is C14H15ClN2O4. The lowest BCUT2D eigenvalue weighted by atomic mass is 10.1. The highest BCUT2D eigenvalue weighted by molar-refractivity contribution is 6.32. The van der Waals surface area contributed by atoms with Crippen molar-refractivity contribution in [1.29, 1.82) is 10.5 Å². The highest BCUT2D eigenvalue weighted by atomic mass is 35.5. The second-order valence-corrected chi connectivity index (χ2v) is 4.25. The van der Waals surface area contributed by atoms with Crippen molar-refractivity contribution in [3.05, 3.63) is 22.2 Å². The Morgan fingerprint density at radius 3 is 2.05 bits per heavy atom. The second kappa shape index (κ2) is 9.04. The van der Waals surface area contributed by atoms with Gasteiger partial charge in [-0.3, -0.25) is 0 Å². The van der Waals surface area contributed by atoms with E-state index in [1.807, 2.05) is 12.1 Å². The highest BCUT2D eigenvalue weighted by Crippen LogP contribution is 2.37. The van der Waals surface area contributed by atoms with E-state index < -0.39 is 0 Å². The topological polar surface area (TPSA) is 84.5 Å². The van der Waals surface area contributed by atoms with Gasteiger partial charge < -0.3 is 18.9 Å². The van der Waals surface area contributed by atoms with Gasteiger partial charge >= 0.3 is 0 Å². The Morgan fingerprint density at radius 2 is 1.52 bits per heavy atom. The van der Waals surface area contributed by atoms with Crippen molar-refractivity contribution in [3.63, 3.8) is 0 Å². The Labute approximate surface area is 128 Å². The van der Waals surface area contributed by atoms with E-state index in [0.717, 1.165) is 0 Å². The van der Waals surface area contributed by atoms with Crippen LogP contribution in [0.2, 0.25) is 5.02 Å². The average molecular weight is 311 g/mol. The first kappa shape index (κ1) is 17.1. The zero-order valence-electron chi connectivity index (χ0n) is 11.8. The van der Waals surface area contributed by atoms with Gasteiger partial charge in [-0.2, -0.15) is 10.5 Å². The van der Waals surface area contributed by atoms with E-state index in [1.165, 1.54) is 20.3 Å². The Morgan fingerprint density at radius 1 is 0.952 bits per heavy atom. The van der Waals surface area contributed by atoms with E-state index in [0.29, 0.717) is 13.2 Å². The third kappa shape index (κ3) is 4.51. The van der Waals surface area contributed by atoms with Crippen LogP contribution in [0.1, 0.15) is 11.1 Å². The molecule has 0 spiro atoms. The summed E-state index contributed by atoms with van der Waals surface area (Å²) in [5.74, 6) is 0.391. The van der Waals surface area contributed by atoms with E-state index in [2.05, 4.69) is 0 Å². The minimum absolute atomic E-state index is 0.0496. The molecule has 7 heteroatoms. The Kier molecular flexibility index (Phi) is 7.34. The number of rotatable bonds is 8. The predicted molar refractivity (Wildman–Crippen MR) is 75.6 cm³/mol. The molecule has 0 unspecified atom stereocenters. The summed E-state index contributed by atoms with van der Waals surface area (Å²) in [6, 6.07) is 5.33. The SMILES string of the molecule is COCCOc1cc(Cl)c(OCCOC)c(C#N)c1C#N. The van der Waals surface area contributed by atoms with E-state index in [-0.39, 0.29) is 40.9 Å². The molecule has 1 rings (SSSR count). The average Bonchev–Trinajstić information content (AvgIpc) is 2.49. The predicted octanol–water partition coefficient (Wildman–Crippen LogP) is 2.13. The van der Waals surface area contributed by atoms with Crippen LogP contribution in [0, 0.1) is 22.7 Å². The minimum Gasteiger partial charge on any atom is -0.490 e. The summed E-state index contributed by atoms with van der Waals surface area (Å²) >= 11 is 6.10. The summed E-state index contributed by atoms with van der Waals surface area (Å²) in [6.07, 6.45) is 0. The molecule has 0 bridgehead atoms. The van der Waals surface area contributed by atoms with Crippen molar-refractivity contribution in [3.8, 4) is 23.6 Å². The molecule has 112 valence electrons. The molecule has 0 N–H and O–H groups in total. The number of nitrogens with zero attached hydrogens (tertiary/aromatic N) is 2. The number of ether oxygens (including phenoxy) is 4. The number of benzene rings is 1. The van der Waals surface area contributed by atoms with Crippen molar-refractivity contribution >= 4 is 11.6 Å². The molecule has 0 radical (unpaired) electrons. The van der Waals surface area contributed by atoms with Crippen LogP contribution in [0.25, 0.3) is 0 Å². The summed E-state index contributed by atoms with van der Waals surface area (Å²) < 4.78 is 20.6. The summed E-state index contributed by atoms with van der Waals surface area (Å²) in [6.45, 7) is 1.17. The molecule has 0 aliphatic carbocycles. The number of hydrogen-bond donors (Lipinski definition) is 0. The standard InChI is InChI=1S/C14H15ClN2O4/c1-18-3-5-20-13-7-12(15)14(21-6-4-19-2)11(9-17)10(13)8-16/h7H,3-6H2,1-2H3. The molecule has 6 nitrogen and oxygen atoms in total. The lowest BCUT2D eigenvalue weighted by molar-refractivity contribution is 0.144. The van der Waals surface area contributed by atoms with Crippen LogP contribution in [-0.4, -0.2) is 40.6 Å². The fourth-order valence-electron chi connectivity index (χ4n) is 1.54. The molecule has 0 amide bonds.